The Bertz CT molecular complexity index is 1180. The summed E-state index contributed by atoms with van der Waals surface area (Å²) in [6, 6.07) is 12.4. The van der Waals surface area contributed by atoms with Crippen LogP contribution >= 0.6 is 0 Å². The van der Waals surface area contributed by atoms with Gasteiger partial charge in [0.15, 0.2) is 0 Å². The van der Waals surface area contributed by atoms with Crippen LogP contribution < -0.4 is 57.9 Å². The average molecular weight is 532 g/mol. The molecule has 1 aromatic carbocycles. The molecule has 2 aromatic heterocycles. The predicted octanol–water partition coefficient (Wildman–Crippen LogP) is 0.219. The van der Waals surface area contributed by atoms with Gasteiger partial charge in [-0.15, -0.1) is 5.10 Å². The summed E-state index contributed by atoms with van der Waals surface area (Å²) in [6.07, 6.45) is 1.15. The Hall–Kier alpha value is -2.73. The second-order valence-electron chi connectivity index (χ2n) is 8.41. The molecule has 3 aromatic rings. The van der Waals surface area contributed by atoms with E-state index in [0.29, 0.717) is 17.2 Å². The third-order valence-corrected chi connectivity index (χ3v) is 6.08. The maximum Gasteiger partial charge on any atom is 1.00 e. The molecule has 2 atom stereocenters. The Morgan fingerprint density at radius 1 is 1.18 bits per heavy atom. The van der Waals surface area contributed by atoms with Gasteiger partial charge < -0.3 is 34.9 Å². The van der Waals surface area contributed by atoms with E-state index in [2.05, 4.69) is 47.1 Å². The Balaban J connectivity index is 0.00000138. The molecule has 200 valence electrons. The summed E-state index contributed by atoms with van der Waals surface area (Å²) < 4.78 is 14.7. The van der Waals surface area contributed by atoms with Crippen molar-refractivity contribution < 1.29 is 33.9 Å². The molecule has 0 amide bonds. The Kier molecular flexibility index (Phi) is 13.7. The maximum atomic E-state index is 14.7. The molecule has 1 aliphatic rings. The number of halogens is 1. The summed E-state index contributed by atoms with van der Waals surface area (Å²) in [5.41, 5.74) is 20.9. The van der Waals surface area contributed by atoms with Crippen molar-refractivity contribution >= 4 is 5.82 Å². The van der Waals surface area contributed by atoms with Crippen LogP contribution in [0.5, 0.6) is 0 Å². The van der Waals surface area contributed by atoms with Crippen molar-refractivity contribution in [1.29, 1.82) is 0 Å². The third kappa shape index (κ3) is 7.89. The monoisotopic (exact) mass is 531 g/mol. The molecule has 4 rings (SSSR count). The first-order chi connectivity index (χ1) is 17.7. The van der Waals surface area contributed by atoms with Gasteiger partial charge in [-0.2, -0.15) is 9.18 Å². The van der Waals surface area contributed by atoms with Crippen LogP contribution in [0, 0.1) is 12.5 Å². The van der Waals surface area contributed by atoms with Gasteiger partial charge in [0.2, 0.25) is 5.95 Å². The standard InChI is InChI=1S/C23H30FN9.C2H6.C2H3.Na/c1-13(18-7-4-10-32(18)2)29-21(17-9-8-16(23(26)27)22(24)30-17)15-6-3-5-14(11-15)19-12-20(25)31-33(19)28;2*1-2;/h3,5-6,8-9,11-12,18,21,23,29H,1,4,7,10,26-28H2,2H3,(H2,25,31);1-2H3;1H,2H2;/q;;-1;+1. The van der Waals surface area contributed by atoms with Crippen molar-refractivity contribution in [3.8, 4) is 11.3 Å². The molecule has 1 saturated heterocycles. The number of rotatable bonds is 7. The predicted molar refractivity (Wildman–Crippen MR) is 149 cm³/mol. The fraction of sp³-hybridized carbons (Fsp3) is 0.333. The number of hydrogen-bond acceptors (Lipinski definition) is 8. The first kappa shape index (κ1) is 33.3. The molecule has 0 bridgehead atoms. The van der Waals surface area contributed by atoms with Crippen LogP contribution in [0.3, 0.4) is 0 Å². The molecule has 0 spiro atoms. The normalized spacial score (nSPS) is 15.4. The minimum Gasteiger partial charge on any atom is -0.521 e. The first-order valence-corrected chi connectivity index (χ1v) is 12.2. The van der Waals surface area contributed by atoms with Gasteiger partial charge in [-0.25, -0.2) is 4.98 Å². The zero-order valence-electron chi connectivity index (χ0n) is 22.9. The van der Waals surface area contributed by atoms with Gasteiger partial charge in [-0.05, 0) is 50.2 Å². The van der Waals surface area contributed by atoms with Gasteiger partial charge in [-0.3, -0.25) is 11.5 Å². The Morgan fingerprint density at radius 3 is 2.39 bits per heavy atom. The largest absolute Gasteiger partial charge is 1.00 e. The van der Waals surface area contributed by atoms with E-state index in [1.165, 1.54) is 4.79 Å². The molecule has 0 aliphatic carbocycles. The molecule has 1 fully saturated rings. The van der Waals surface area contributed by atoms with E-state index < -0.39 is 18.2 Å². The smallest absolute Gasteiger partial charge is 0.521 e. The second-order valence-corrected chi connectivity index (χ2v) is 8.41. The molecule has 0 saturated carbocycles. The van der Waals surface area contributed by atoms with Crippen LogP contribution in [-0.2, 0) is 0 Å². The van der Waals surface area contributed by atoms with E-state index in [4.69, 9.17) is 23.0 Å². The van der Waals surface area contributed by atoms with Crippen molar-refractivity contribution in [2.75, 3.05) is 25.2 Å². The Morgan fingerprint density at radius 2 is 1.87 bits per heavy atom. The van der Waals surface area contributed by atoms with Gasteiger partial charge in [0.1, 0.15) is 5.82 Å². The van der Waals surface area contributed by atoms with E-state index in [1.807, 2.05) is 38.1 Å². The van der Waals surface area contributed by atoms with Gasteiger partial charge in [0.05, 0.1) is 23.6 Å². The molecule has 11 heteroatoms. The number of likely N-dealkylation sites (tertiary alicyclic amines) is 1. The number of pyridine rings is 1. The van der Waals surface area contributed by atoms with Crippen LogP contribution in [0.4, 0.5) is 10.2 Å². The van der Waals surface area contributed by atoms with E-state index in [0.717, 1.165) is 36.2 Å². The summed E-state index contributed by atoms with van der Waals surface area (Å²) >= 11 is 0. The molecular formula is C27H39FN9Na. The maximum absolute atomic E-state index is 14.7. The van der Waals surface area contributed by atoms with Crippen molar-refractivity contribution in [3.63, 3.8) is 0 Å². The molecule has 9 N–H and O–H groups in total. The van der Waals surface area contributed by atoms with Gasteiger partial charge in [0.25, 0.3) is 0 Å². The molecule has 9 nitrogen and oxygen atoms in total. The molecule has 2 unspecified atom stereocenters. The van der Waals surface area contributed by atoms with Crippen LogP contribution in [0.25, 0.3) is 11.3 Å². The SMILES string of the molecule is C=C(NC(c1cccc(-c2cc(N)nn2N)c1)c1ccc(C(N)N)c(F)n1)C1CCCN1C.CC.[CH-]=C.[Na+]. The quantitative estimate of drug-likeness (QED) is 0.0955. The van der Waals surface area contributed by atoms with Crippen LogP contribution in [0.15, 0.2) is 61.3 Å². The number of nitrogens with two attached hydrogens (primary N) is 4. The van der Waals surface area contributed by atoms with Crippen LogP contribution in [-0.4, -0.2) is 39.4 Å². The van der Waals surface area contributed by atoms with E-state index in [9.17, 15) is 4.39 Å². The van der Waals surface area contributed by atoms with Crippen LogP contribution in [0.1, 0.15) is 55.7 Å². The minimum atomic E-state index is -0.946. The topological polar surface area (TPSA) is 150 Å². The molecule has 0 radical (unpaired) electrons. The molecule has 38 heavy (non-hydrogen) atoms. The number of nitrogens with zero attached hydrogens (tertiary/aromatic N) is 4. The second kappa shape index (κ2) is 15.6. The summed E-state index contributed by atoms with van der Waals surface area (Å²) in [6.45, 7) is 16.3. The number of anilines is 1. The van der Waals surface area contributed by atoms with Crippen LogP contribution in [0.2, 0.25) is 0 Å². The van der Waals surface area contributed by atoms with E-state index in [1.54, 1.807) is 18.2 Å². The van der Waals surface area contributed by atoms with Gasteiger partial charge in [0, 0.05) is 28.9 Å². The molecular weight excluding hydrogens is 492 g/mol. The van der Waals surface area contributed by atoms with Crippen molar-refractivity contribution in [2.45, 2.75) is 44.9 Å². The van der Waals surface area contributed by atoms with E-state index in [-0.39, 0.29) is 41.2 Å². The third-order valence-electron chi connectivity index (χ3n) is 6.08. The summed E-state index contributed by atoms with van der Waals surface area (Å²) in [5.74, 6) is 5.59. The van der Waals surface area contributed by atoms with Crippen molar-refractivity contribution in [3.05, 3.63) is 90.7 Å². The molecule has 3 heterocycles. The zero-order chi connectivity index (χ0) is 27.7. The number of nitrogen functional groups attached to an aromatic ring is 2. The van der Waals surface area contributed by atoms with Gasteiger partial charge >= 0.3 is 29.6 Å². The first-order valence-electron chi connectivity index (χ1n) is 12.2. The fourth-order valence-corrected chi connectivity index (χ4v) is 4.34. The van der Waals surface area contributed by atoms with E-state index >= 15 is 0 Å². The van der Waals surface area contributed by atoms with Crippen molar-refractivity contribution in [2.24, 2.45) is 11.5 Å². The van der Waals surface area contributed by atoms with Gasteiger partial charge in [-0.1, -0.05) is 38.6 Å². The minimum absolute atomic E-state index is 0. The summed E-state index contributed by atoms with van der Waals surface area (Å²) in [4.78, 5) is 7.68. The number of likely N-dealkylation sites (N-methyl/N-ethyl adjacent to an activating group) is 1. The fourth-order valence-electron chi connectivity index (χ4n) is 4.34. The number of aromatic nitrogens is 3. The number of hydrogen-bond donors (Lipinski definition) is 5. The number of nitrogens with one attached hydrogen (secondary N) is 1. The zero-order valence-corrected chi connectivity index (χ0v) is 24.9. The average Bonchev–Trinajstić information content (AvgIpc) is 3.48. The molecule has 1 aliphatic heterocycles. The summed E-state index contributed by atoms with van der Waals surface area (Å²) in [5, 5.41) is 7.51. The summed E-state index contributed by atoms with van der Waals surface area (Å²) in [7, 11) is 2.07. The number of benzene rings is 1. The van der Waals surface area contributed by atoms with Crippen molar-refractivity contribution in [1.82, 2.24) is 25.1 Å². The Labute approximate surface area is 247 Å².